The van der Waals surface area contributed by atoms with Crippen molar-refractivity contribution in [3.63, 3.8) is 0 Å². The molecule has 1 rings (SSSR count). The Balaban J connectivity index is 2.81. The summed E-state index contributed by atoms with van der Waals surface area (Å²) >= 11 is 1.33. The number of carboxylic acid groups (broad SMARTS) is 1. The van der Waals surface area contributed by atoms with Crippen molar-refractivity contribution in [2.75, 3.05) is 24.7 Å². The third-order valence-corrected chi connectivity index (χ3v) is 2.00. The summed E-state index contributed by atoms with van der Waals surface area (Å²) in [6.45, 7) is 2.01. The molecule has 0 amide bonds. The molecule has 2 N–H and O–H groups in total. The van der Waals surface area contributed by atoms with E-state index in [4.69, 9.17) is 9.84 Å². The Morgan fingerprint density at radius 2 is 2.25 bits per heavy atom. The van der Waals surface area contributed by atoms with Gasteiger partial charge in [0.2, 0.25) is 5.95 Å². The molecule has 7 nitrogen and oxygen atoms in total. The molecule has 0 fully saturated rings. The van der Waals surface area contributed by atoms with Gasteiger partial charge in [-0.15, -0.1) is 0 Å². The molecule has 8 heteroatoms. The Labute approximate surface area is 96.7 Å². The predicted molar refractivity (Wildman–Crippen MR) is 58.9 cm³/mol. The van der Waals surface area contributed by atoms with Crippen molar-refractivity contribution in [2.24, 2.45) is 0 Å². The van der Waals surface area contributed by atoms with Crippen molar-refractivity contribution in [3.05, 3.63) is 0 Å². The molecule has 0 unspecified atom stereocenters. The van der Waals surface area contributed by atoms with Crippen LogP contribution in [0.3, 0.4) is 0 Å². The van der Waals surface area contributed by atoms with E-state index in [-0.39, 0.29) is 18.5 Å². The van der Waals surface area contributed by atoms with Gasteiger partial charge >= 0.3 is 12.0 Å². The molecule has 0 aliphatic heterocycles. The highest BCUT2D eigenvalue weighted by atomic mass is 32.2. The van der Waals surface area contributed by atoms with Gasteiger partial charge in [0.05, 0.1) is 6.61 Å². The van der Waals surface area contributed by atoms with E-state index in [9.17, 15) is 4.79 Å². The topological polar surface area (TPSA) is 97.2 Å². The number of thioether (sulfide) groups is 1. The van der Waals surface area contributed by atoms with E-state index < -0.39 is 5.97 Å². The van der Waals surface area contributed by atoms with Crippen molar-refractivity contribution < 1.29 is 14.6 Å². The number of nitrogens with zero attached hydrogens (tertiary/aromatic N) is 3. The quantitative estimate of drug-likeness (QED) is 0.698. The molecule has 16 heavy (non-hydrogen) atoms. The Morgan fingerprint density at radius 1 is 1.50 bits per heavy atom. The summed E-state index contributed by atoms with van der Waals surface area (Å²) in [5.41, 5.74) is 0. The number of nitrogens with one attached hydrogen (secondary N) is 1. The molecule has 0 atom stereocenters. The number of aliphatic carboxylic acids is 1. The van der Waals surface area contributed by atoms with Gasteiger partial charge in [-0.3, -0.25) is 4.79 Å². The van der Waals surface area contributed by atoms with Crippen molar-refractivity contribution in [1.82, 2.24) is 15.0 Å². The lowest BCUT2D eigenvalue weighted by molar-refractivity contribution is -0.134. The summed E-state index contributed by atoms with van der Waals surface area (Å²) in [4.78, 5) is 22.3. The normalized spacial score (nSPS) is 9.88. The second-order valence-corrected chi connectivity index (χ2v) is 3.38. The lowest BCUT2D eigenvalue weighted by Crippen LogP contribution is -2.15. The number of carbonyl (C=O) groups is 1. The summed E-state index contributed by atoms with van der Waals surface area (Å²) in [7, 11) is 0. The molecule has 0 bridgehead atoms. The first kappa shape index (κ1) is 12.5. The van der Waals surface area contributed by atoms with E-state index in [0.717, 1.165) is 0 Å². The first-order chi connectivity index (χ1) is 7.65. The van der Waals surface area contributed by atoms with Crippen LogP contribution in [0.15, 0.2) is 5.16 Å². The first-order valence-electron chi connectivity index (χ1n) is 4.54. The molecule has 0 radical (unpaired) electrons. The van der Waals surface area contributed by atoms with Gasteiger partial charge in [0.15, 0.2) is 5.16 Å². The van der Waals surface area contributed by atoms with Crippen molar-refractivity contribution in [1.29, 1.82) is 0 Å². The molecule has 1 heterocycles. The zero-order chi connectivity index (χ0) is 12.0. The average molecular weight is 244 g/mol. The largest absolute Gasteiger partial charge is 0.480 e. The average Bonchev–Trinajstić information content (AvgIpc) is 2.26. The van der Waals surface area contributed by atoms with Crippen molar-refractivity contribution in [3.8, 4) is 6.01 Å². The van der Waals surface area contributed by atoms with Crippen LogP contribution in [0.25, 0.3) is 0 Å². The highest BCUT2D eigenvalue weighted by Gasteiger charge is 2.07. The molecule has 0 saturated heterocycles. The monoisotopic (exact) mass is 244 g/mol. The van der Waals surface area contributed by atoms with Crippen LogP contribution < -0.4 is 10.1 Å². The smallest absolute Gasteiger partial charge is 0.322 e. The van der Waals surface area contributed by atoms with E-state index in [0.29, 0.717) is 11.8 Å². The van der Waals surface area contributed by atoms with E-state index in [1.165, 1.54) is 11.8 Å². The summed E-state index contributed by atoms with van der Waals surface area (Å²) in [5, 5.41) is 11.5. The molecular formula is C8H12N4O3S. The van der Waals surface area contributed by atoms with Crippen LogP contribution in [0.2, 0.25) is 0 Å². The number of carboxylic acids is 1. The van der Waals surface area contributed by atoms with Crippen LogP contribution in [0, 0.1) is 0 Å². The fourth-order valence-corrected chi connectivity index (χ4v) is 1.20. The van der Waals surface area contributed by atoms with Gasteiger partial charge in [-0.2, -0.15) is 15.0 Å². The van der Waals surface area contributed by atoms with Gasteiger partial charge in [0.25, 0.3) is 0 Å². The molecule has 0 aromatic carbocycles. The number of hydrogen-bond donors (Lipinski definition) is 2. The Morgan fingerprint density at radius 3 is 2.81 bits per heavy atom. The van der Waals surface area contributed by atoms with Gasteiger partial charge in [-0.25, -0.2) is 0 Å². The maximum absolute atomic E-state index is 10.4. The van der Waals surface area contributed by atoms with Crippen molar-refractivity contribution >= 4 is 23.7 Å². The SMILES string of the molecule is CCOc1nc(NCC(=O)O)nc(SC)n1. The third kappa shape index (κ3) is 3.89. The lowest BCUT2D eigenvalue weighted by atomic mass is 10.6. The van der Waals surface area contributed by atoms with Crippen LogP contribution >= 0.6 is 11.8 Å². The molecule has 0 aliphatic carbocycles. The highest BCUT2D eigenvalue weighted by Crippen LogP contribution is 2.14. The molecule has 1 aromatic rings. The second kappa shape index (κ2) is 6.11. The molecular weight excluding hydrogens is 232 g/mol. The third-order valence-electron chi connectivity index (χ3n) is 1.45. The molecule has 1 aromatic heterocycles. The number of ether oxygens (including phenoxy) is 1. The fraction of sp³-hybridized carbons (Fsp3) is 0.500. The summed E-state index contributed by atoms with van der Waals surface area (Å²) in [6.07, 6.45) is 1.81. The number of rotatable bonds is 6. The van der Waals surface area contributed by atoms with E-state index >= 15 is 0 Å². The minimum absolute atomic E-state index is 0.190. The maximum Gasteiger partial charge on any atom is 0.322 e. The lowest BCUT2D eigenvalue weighted by Gasteiger charge is -2.06. The summed E-state index contributed by atoms with van der Waals surface area (Å²) in [5.74, 6) is -0.783. The zero-order valence-electron chi connectivity index (χ0n) is 8.93. The Kier molecular flexibility index (Phi) is 4.77. The minimum Gasteiger partial charge on any atom is -0.480 e. The zero-order valence-corrected chi connectivity index (χ0v) is 9.74. The van der Waals surface area contributed by atoms with Gasteiger partial charge < -0.3 is 15.2 Å². The Bertz CT molecular complexity index is 374. The highest BCUT2D eigenvalue weighted by molar-refractivity contribution is 7.98. The molecule has 0 aliphatic rings. The number of aromatic nitrogens is 3. The summed E-state index contributed by atoms with van der Waals surface area (Å²) in [6, 6.07) is 0.190. The van der Waals surface area contributed by atoms with Crippen LogP contribution in [0.4, 0.5) is 5.95 Å². The van der Waals surface area contributed by atoms with Gasteiger partial charge in [0.1, 0.15) is 6.54 Å². The van der Waals surface area contributed by atoms with Gasteiger partial charge in [0, 0.05) is 0 Å². The summed E-state index contributed by atoms with van der Waals surface area (Å²) < 4.78 is 5.13. The van der Waals surface area contributed by atoms with Crippen molar-refractivity contribution in [2.45, 2.75) is 12.1 Å². The van der Waals surface area contributed by atoms with Gasteiger partial charge in [-0.1, -0.05) is 11.8 Å². The van der Waals surface area contributed by atoms with E-state index in [2.05, 4.69) is 20.3 Å². The molecule has 88 valence electrons. The Hall–Kier alpha value is -1.57. The van der Waals surface area contributed by atoms with Crippen LogP contribution in [0.5, 0.6) is 6.01 Å². The van der Waals surface area contributed by atoms with E-state index in [1.54, 1.807) is 0 Å². The first-order valence-corrected chi connectivity index (χ1v) is 5.76. The number of hydrogen-bond acceptors (Lipinski definition) is 7. The molecule has 0 spiro atoms. The fourth-order valence-electron chi connectivity index (χ4n) is 0.857. The van der Waals surface area contributed by atoms with Crippen LogP contribution in [0.1, 0.15) is 6.92 Å². The van der Waals surface area contributed by atoms with Crippen LogP contribution in [-0.2, 0) is 4.79 Å². The molecule has 0 saturated carbocycles. The van der Waals surface area contributed by atoms with Gasteiger partial charge in [-0.05, 0) is 13.2 Å². The standard InChI is InChI=1S/C8H12N4O3S/c1-3-15-7-10-6(9-4-5(13)14)11-8(12-7)16-2/h3-4H2,1-2H3,(H,13,14)(H,9,10,11,12). The maximum atomic E-state index is 10.4. The van der Waals surface area contributed by atoms with E-state index in [1.807, 2.05) is 13.2 Å². The minimum atomic E-state index is -0.982. The predicted octanol–water partition coefficient (Wildman–Crippen LogP) is 0.489. The number of anilines is 1. The van der Waals surface area contributed by atoms with Crippen LogP contribution in [-0.4, -0.2) is 45.4 Å². The second-order valence-electron chi connectivity index (χ2n) is 2.61.